The van der Waals surface area contributed by atoms with E-state index in [-0.39, 0.29) is 18.3 Å². The van der Waals surface area contributed by atoms with Crippen LogP contribution in [0.3, 0.4) is 0 Å². The molecule has 1 aliphatic rings. The summed E-state index contributed by atoms with van der Waals surface area (Å²) in [5, 5.41) is 16.2. The van der Waals surface area contributed by atoms with Gasteiger partial charge in [-0.2, -0.15) is 23.5 Å². The average Bonchev–Trinajstić information content (AvgIpc) is 3.37. The molecule has 29 heavy (non-hydrogen) atoms. The molecule has 11 heteroatoms. The Kier molecular flexibility index (Phi) is 4.34. The second-order valence-electron chi connectivity index (χ2n) is 6.65. The highest BCUT2D eigenvalue weighted by Crippen LogP contribution is 2.33. The number of carbonyl (C=O) groups is 1. The van der Waals surface area contributed by atoms with Gasteiger partial charge in [-0.3, -0.25) is 9.48 Å². The number of alkyl halides is 3. The third kappa shape index (κ3) is 3.56. The number of fused-ring (bicyclic) bond motifs is 1. The van der Waals surface area contributed by atoms with Crippen molar-refractivity contribution in [2.75, 3.05) is 0 Å². The lowest BCUT2D eigenvalue weighted by atomic mass is 10.0. The minimum absolute atomic E-state index is 0.0125. The van der Waals surface area contributed by atoms with Crippen molar-refractivity contribution >= 4 is 5.91 Å². The first-order valence-electron chi connectivity index (χ1n) is 8.55. The van der Waals surface area contributed by atoms with Crippen molar-refractivity contribution in [3.05, 3.63) is 53.2 Å². The molecule has 0 aliphatic carbocycles. The minimum atomic E-state index is -4.51. The molecule has 148 valence electrons. The Labute approximate surface area is 162 Å². The standard InChI is InChI=1S/C18H14F3N7O/c1-26-14(5-15(24-26)18(19,20)21)11-2-3-12-7-27(8-13(12)4-11)17(29)9-28-10-23-16(6-22)25-28/h2-5,10H,7-9H2,1H3. The van der Waals surface area contributed by atoms with E-state index in [1.807, 2.05) is 6.07 Å². The van der Waals surface area contributed by atoms with Crippen LogP contribution in [0.25, 0.3) is 11.3 Å². The van der Waals surface area contributed by atoms with Gasteiger partial charge in [-0.05, 0) is 23.3 Å². The summed E-state index contributed by atoms with van der Waals surface area (Å²) in [5.74, 6) is -0.210. The maximum atomic E-state index is 12.9. The molecule has 0 radical (unpaired) electrons. The van der Waals surface area contributed by atoms with Crippen LogP contribution in [0.1, 0.15) is 22.6 Å². The highest BCUT2D eigenvalue weighted by Gasteiger charge is 2.35. The monoisotopic (exact) mass is 401 g/mol. The molecule has 1 amide bonds. The van der Waals surface area contributed by atoms with Crippen molar-refractivity contribution in [1.82, 2.24) is 29.4 Å². The molecule has 0 saturated heterocycles. The third-order valence-corrected chi connectivity index (χ3v) is 4.68. The number of amides is 1. The number of carbonyl (C=O) groups excluding carboxylic acids is 1. The van der Waals surface area contributed by atoms with Gasteiger partial charge in [0, 0.05) is 25.7 Å². The second-order valence-corrected chi connectivity index (χ2v) is 6.65. The number of rotatable bonds is 3. The van der Waals surface area contributed by atoms with Crippen LogP contribution in [-0.2, 0) is 37.7 Å². The predicted molar refractivity (Wildman–Crippen MR) is 92.6 cm³/mol. The van der Waals surface area contributed by atoms with Gasteiger partial charge >= 0.3 is 6.18 Å². The minimum Gasteiger partial charge on any atom is -0.332 e. The van der Waals surface area contributed by atoms with Gasteiger partial charge in [0.1, 0.15) is 18.9 Å². The highest BCUT2D eigenvalue weighted by molar-refractivity contribution is 5.77. The zero-order valence-electron chi connectivity index (χ0n) is 15.2. The first-order valence-corrected chi connectivity index (χ1v) is 8.55. The highest BCUT2D eigenvalue weighted by atomic mass is 19.4. The molecule has 0 bridgehead atoms. The van der Waals surface area contributed by atoms with E-state index in [2.05, 4.69) is 15.2 Å². The predicted octanol–water partition coefficient (Wildman–Crippen LogP) is 2.11. The lowest BCUT2D eigenvalue weighted by Gasteiger charge is -2.14. The van der Waals surface area contributed by atoms with Gasteiger partial charge in [0.2, 0.25) is 5.91 Å². The number of nitrogens with zero attached hydrogens (tertiary/aromatic N) is 7. The average molecular weight is 401 g/mol. The molecular weight excluding hydrogens is 387 g/mol. The van der Waals surface area contributed by atoms with Crippen molar-refractivity contribution in [2.24, 2.45) is 7.05 Å². The maximum absolute atomic E-state index is 12.9. The summed E-state index contributed by atoms with van der Waals surface area (Å²) in [6.07, 6.45) is -3.19. The van der Waals surface area contributed by atoms with Crippen LogP contribution < -0.4 is 0 Å². The molecule has 2 aromatic heterocycles. The van der Waals surface area contributed by atoms with E-state index in [0.717, 1.165) is 17.2 Å². The fraction of sp³-hybridized carbons (Fsp3) is 0.278. The normalized spacial score (nSPS) is 13.4. The Morgan fingerprint density at radius 2 is 1.97 bits per heavy atom. The van der Waals surface area contributed by atoms with E-state index >= 15 is 0 Å². The number of halogens is 3. The van der Waals surface area contributed by atoms with Gasteiger partial charge in [-0.1, -0.05) is 12.1 Å². The number of hydrogen-bond donors (Lipinski definition) is 0. The molecular formula is C18H14F3N7O. The van der Waals surface area contributed by atoms with Gasteiger partial charge in [0.25, 0.3) is 5.82 Å². The first kappa shape index (κ1) is 18.7. The molecule has 1 aliphatic heterocycles. The van der Waals surface area contributed by atoms with Crippen LogP contribution in [0.5, 0.6) is 0 Å². The van der Waals surface area contributed by atoms with E-state index in [1.54, 1.807) is 23.1 Å². The van der Waals surface area contributed by atoms with Crippen molar-refractivity contribution in [2.45, 2.75) is 25.8 Å². The summed E-state index contributed by atoms with van der Waals surface area (Å²) < 4.78 is 41.2. The summed E-state index contributed by atoms with van der Waals surface area (Å²) in [6, 6.07) is 8.12. The SMILES string of the molecule is Cn1nc(C(F)(F)F)cc1-c1ccc2c(c1)CN(C(=O)Cn1cnc(C#N)n1)C2. The van der Waals surface area contributed by atoms with Crippen LogP contribution in [-0.4, -0.2) is 35.4 Å². The first-order chi connectivity index (χ1) is 13.7. The lowest BCUT2D eigenvalue weighted by Crippen LogP contribution is -2.29. The summed E-state index contributed by atoms with van der Waals surface area (Å²) in [7, 11) is 1.46. The molecule has 0 saturated carbocycles. The van der Waals surface area contributed by atoms with Gasteiger partial charge in [0.05, 0.1) is 5.69 Å². The molecule has 1 aromatic carbocycles. The van der Waals surface area contributed by atoms with Crippen molar-refractivity contribution in [3.63, 3.8) is 0 Å². The van der Waals surface area contributed by atoms with Crippen molar-refractivity contribution in [1.29, 1.82) is 5.26 Å². The number of hydrogen-bond acceptors (Lipinski definition) is 5. The van der Waals surface area contributed by atoms with Crippen LogP contribution >= 0.6 is 0 Å². The second kappa shape index (κ2) is 6.73. The van der Waals surface area contributed by atoms with Crippen molar-refractivity contribution in [3.8, 4) is 17.3 Å². The molecule has 0 atom stereocenters. The molecule has 3 aromatic rings. The fourth-order valence-electron chi connectivity index (χ4n) is 3.27. The molecule has 4 rings (SSSR count). The summed E-state index contributed by atoms with van der Waals surface area (Å²) in [4.78, 5) is 17.9. The largest absolute Gasteiger partial charge is 0.435 e. The molecule has 0 unspecified atom stereocenters. The molecule has 0 fully saturated rings. The molecule has 0 spiro atoms. The van der Waals surface area contributed by atoms with Gasteiger partial charge in [-0.25, -0.2) is 9.67 Å². The number of aryl methyl sites for hydroxylation is 1. The Bertz CT molecular complexity index is 1140. The summed E-state index contributed by atoms with van der Waals surface area (Å²) in [6.45, 7) is 0.686. The summed E-state index contributed by atoms with van der Waals surface area (Å²) >= 11 is 0. The zero-order valence-corrected chi connectivity index (χ0v) is 15.2. The van der Waals surface area contributed by atoms with E-state index < -0.39 is 11.9 Å². The smallest absolute Gasteiger partial charge is 0.332 e. The lowest BCUT2D eigenvalue weighted by molar-refractivity contribution is -0.141. The maximum Gasteiger partial charge on any atom is 0.435 e. The van der Waals surface area contributed by atoms with E-state index in [0.29, 0.717) is 24.3 Å². The van der Waals surface area contributed by atoms with Gasteiger partial charge in [-0.15, -0.1) is 5.10 Å². The molecule has 0 N–H and O–H groups in total. The van der Waals surface area contributed by atoms with Crippen LogP contribution in [0.2, 0.25) is 0 Å². The zero-order chi connectivity index (χ0) is 20.8. The number of benzene rings is 1. The topological polar surface area (TPSA) is 92.6 Å². The van der Waals surface area contributed by atoms with Gasteiger partial charge in [0.15, 0.2) is 5.69 Å². The Hall–Kier alpha value is -3.68. The molecule has 3 heterocycles. The fourth-order valence-corrected chi connectivity index (χ4v) is 3.27. The Balaban J connectivity index is 1.52. The van der Waals surface area contributed by atoms with E-state index in [1.165, 1.54) is 22.7 Å². The van der Waals surface area contributed by atoms with Crippen LogP contribution in [0.4, 0.5) is 13.2 Å². The summed E-state index contributed by atoms with van der Waals surface area (Å²) in [5.41, 5.74) is 1.78. The van der Waals surface area contributed by atoms with Gasteiger partial charge < -0.3 is 4.90 Å². The van der Waals surface area contributed by atoms with E-state index in [4.69, 9.17) is 5.26 Å². The van der Waals surface area contributed by atoms with E-state index in [9.17, 15) is 18.0 Å². The third-order valence-electron chi connectivity index (χ3n) is 4.68. The Morgan fingerprint density at radius 1 is 1.21 bits per heavy atom. The molecule has 8 nitrogen and oxygen atoms in total. The van der Waals surface area contributed by atoms with Crippen LogP contribution in [0.15, 0.2) is 30.6 Å². The van der Waals surface area contributed by atoms with Crippen LogP contribution in [0, 0.1) is 11.3 Å². The number of nitriles is 1. The quantitative estimate of drug-likeness (QED) is 0.670. The van der Waals surface area contributed by atoms with Crippen molar-refractivity contribution < 1.29 is 18.0 Å². The number of aromatic nitrogens is 5. The Morgan fingerprint density at radius 3 is 2.62 bits per heavy atom.